The van der Waals surface area contributed by atoms with Gasteiger partial charge in [-0.3, -0.25) is 4.79 Å². The number of aryl methyl sites for hydroxylation is 1. The van der Waals surface area contributed by atoms with Gasteiger partial charge in [0.15, 0.2) is 0 Å². The van der Waals surface area contributed by atoms with E-state index in [0.29, 0.717) is 30.1 Å². The molecule has 134 valence electrons. The van der Waals surface area contributed by atoms with E-state index in [-0.39, 0.29) is 10.8 Å². The van der Waals surface area contributed by atoms with Crippen molar-refractivity contribution < 1.29 is 13.2 Å². The van der Waals surface area contributed by atoms with Gasteiger partial charge >= 0.3 is 0 Å². The molecular formula is C17H27N3O3S. The third kappa shape index (κ3) is 4.15. The van der Waals surface area contributed by atoms with Crippen molar-refractivity contribution in [3.8, 4) is 0 Å². The summed E-state index contributed by atoms with van der Waals surface area (Å²) in [6.45, 7) is 8.76. The van der Waals surface area contributed by atoms with Gasteiger partial charge in [-0.25, -0.2) is 13.6 Å². The fraction of sp³-hybridized carbons (Fsp3) is 0.588. The van der Waals surface area contributed by atoms with E-state index < -0.39 is 10.0 Å². The standard InChI is InChI=1S/C17H27N3O3S/c1-5-20(11-14-6-7-19(4)10-14)17(21)15-8-12(2)13(3)16(9-15)24(18,22)23/h8-9,14H,5-7,10-11H2,1-4H3,(H2,18,22,23)/t14-/m1/s1. The zero-order chi connectivity index (χ0) is 18.1. The molecule has 6 nitrogen and oxygen atoms in total. The van der Waals surface area contributed by atoms with Gasteiger partial charge in [-0.2, -0.15) is 0 Å². The zero-order valence-corrected chi connectivity index (χ0v) is 15.7. The van der Waals surface area contributed by atoms with E-state index in [4.69, 9.17) is 5.14 Å². The van der Waals surface area contributed by atoms with Gasteiger partial charge < -0.3 is 9.80 Å². The van der Waals surface area contributed by atoms with Gasteiger partial charge in [-0.05, 0) is 70.0 Å². The highest BCUT2D eigenvalue weighted by Gasteiger charge is 2.25. The number of primary sulfonamides is 1. The van der Waals surface area contributed by atoms with Crippen molar-refractivity contribution in [2.75, 3.05) is 33.2 Å². The van der Waals surface area contributed by atoms with Gasteiger partial charge in [0.2, 0.25) is 10.0 Å². The normalized spacial score (nSPS) is 18.8. The Balaban J connectivity index is 2.29. The lowest BCUT2D eigenvalue weighted by Crippen LogP contribution is -2.36. The van der Waals surface area contributed by atoms with Crippen LogP contribution in [0.4, 0.5) is 0 Å². The minimum Gasteiger partial charge on any atom is -0.339 e. The quantitative estimate of drug-likeness (QED) is 0.866. The lowest BCUT2D eigenvalue weighted by atomic mass is 10.0. The number of nitrogens with zero attached hydrogens (tertiary/aromatic N) is 2. The van der Waals surface area contributed by atoms with E-state index in [1.807, 2.05) is 6.92 Å². The van der Waals surface area contributed by atoms with Crippen LogP contribution in [0.2, 0.25) is 0 Å². The van der Waals surface area contributed by atoms with Crippen LogP contribution < -0.4 is 5.14 Å². The van der Waals surface area contributed by atoms with E-state index in [1.54, 1.807) is 24.8 Å². The molecule has 0 aliphatic carbocycles. The predicted octanol–water partition coefficient (Wildman–Crippen LogP) is 1.36. The van der Waals surface area contributed by atoms with Crippen LogP contribution in [0.25, 0.3) is 0 Å². The molecule has 1 saturated heterocycles. The lowest BCUT2D eigenvalue weighted by molar-refractivity contribution is 0.0739. The lowest BCUT2D eigenvalue weighted by Gasteiger charge is -2.25. The van der Waals surface area contributed by atoms with Crippen LogP contribution >= 0.6 is 0 Å². The van der Waals surface area contributed by atoms with Crippen molar-refractivity contribution in [2.45, 2.75) is 32.1 Å². The first-order valence-corrected chi connectivity index (χ1v) is 9.80. The summed E-state index contributed by atoms with van der Waals surface area (Å²) in [6.07, 6.45) is 1.08. The van der Waals surface area contributed by atoms with Crippen molar-refractivity contribution in [3.05, 3.63) is 28.8 Å². The molecule has 2 N–H and O–H groups in total. The van der Waals surface area contributed by atoms with Crippen molar-refractivity contribution in [3.63, 3.8) is 0 Å². The van der Waals surface area contributed by atoms with Gasteiger partial charge in [-0.1, -0.05) is 0 Å². The number of carbonyl (C=O) groups is 1. The minimum absolute atomic E-state index is 0.0301. The smallest absolute Gasteiger partial charge is 0.253 e. The van der Waals surface area contributed by atoms with Crippen LogP contribution in [-0.4, -0.2) is 57.4 Å². The third-order valence-electron chi connectivity index (χ3n) is 4.81. The summed E-state index contributed by atoms with van der Waals surface area (Å²) in [6, 6.07) is 3.15. The van der Waals surface area contributed by atoms with Gasteiger partial charge in [0.25, 0.3) is 5.91 Å². The number of likely N-dealkylation sites (tertiary alicyclic amines) is 1. The van der Waals surface area contributed by atoms with Crippen molar-refractivity contribution in [1.82, 2.24) is 9.80 Å². The van der Waals surface area contributed by atoms with Gasteiger partial charge in [0, 0.05) is 25.2 Å². The first kappa shape index (κ1) is 18.9. The summed E-state index contributed by atoms with van der Waals surface area (Å²) in [5, 5.41) is 5.29. The van der Waals surface area contributed by atoms with Crippen LogP contribution in [0.15, 0.2) is 17.0 Å². The average molecular weight is 353 g/mol. The molecule has 0 spiro atoms. The number of nitrogens with two attached hydrogens (primary N) is 1. The molecular weight excluding hydrogens is 326 g/mol. The van der Waals surface area contributed by atoms with Crippen molar-refractivity contribution in [1.29, 1.82) is 0 Å². The predicted molar refractivity (Wildman–Crippen MR) is 94.5 cm³/mol. The first-order valence-electron chi connectivity index (χ1n) is 8.25. The Morgan fingerprint density at radius 1 is 1.38 bits per heavy atom. The van der Waals surface area contributed by atoms with Gasteiger partial charge in [0.1, 0.15) is 0 Å². The Kier molecular flexibility index (Phi) is 5.67. The Bertz CT molecular complexity index is 731. The summed E-state index contributed by atoms with van der Waals surface area (Å²) in [4.78, 5) is 16.9. The largest absolute Gasteiger partial charge is 0.339 e. The van der Waals surface area contributed by atoms with E-state index in [0.717, 1.165) is 25.1 Å². The van der Waals surface area contributed by atoms with Crippen molar-refractivity contribution in [2.24, 2.45) is 11.1 Å². The van der Waals surface area contributed by atoms with E-state index >= 15 is 0 Å². The Hall–Kier alpha value is -1.44. The number of hydrogen-bond donors (Lipinski definition) is 1. The molecule has 7 heteroatoms. The van der Waals surface area contributed by atoms with E-state index in [1.165, 1.54) is 6.07 Å². The van der Waals surface area contributed by atoms with Gasteiger partial charge in [-0.15, -0.1) is 0 Å². The van der Waals surface area contributed by atoms with E-state index in [9.17, 15) is 13.2 Å². The third-order valence-corrected chi connectivity index (χ3v) is 5.85. The Morgan fingerprint density at radius 2 is 2.04 bits per heavy atom. The highest BCUT2D eigenvalue weighted by Crippen LogP contribution is 2.22. The average Bonchev–Trinajstić information content (AvgIpc) is 2.90. The fourth-order valence-corrected chi connectivity index (χ4v) is 4.15. The van der Waals surface area contributed by atoms with Crippen LogP contribution in [0.5, 0.6) is 0 Å². The number of benzene rings is 1. The maximum atomic E-state index is 12.9. The topological polar surface area (TPSA) is 83.7 Å². The Morgan fingerprint density at radius 3 is 2.54 bits per heavy atom. The number of sulfonamides is 1. The molecule has 1 aromatic carbocycles. The van der Waals surface area contributed by atoms with Crippen LogP contribution in [-0.2, 0) is 10.0 Å². The number of carbonyl (C=O) groups excluding carboxylic acids is 1. The summed E-state index contributed by atoms with van der Waals surface area (Å²) in [5.74, 6) is 0.322. The second-order valence-corrected chi connectivity index (χ2v) is 8.25. The van der Waals surface area contributed by atoms with Crippen LogP contribution in [0.1, 0.15) is 34.8 Å². The van der Waals surface area contributed by atoms with Crippen LogP contribution in [0.3, 0.4) is 0 Å². The summed E-state index contributed by atoms with van der Waals surface area (Å²) < 4.78 is 23.6. The Labute approximate surface area is 144 Å². The number of amides is 1. The monoisotopic (exact) mass is 353 g/mol. The van der Waals surface area contributed by atoms with Gasteiger partial charge in [0.05, 0.1) is 4.90 Å². The molecule has 1 aliphatic rings. The molecule has 0 radical (unpaired) electrons. The molecule has 1 aromatic rings. The van der Waals surface area contributed by atoms with Crippen LogP contribution in [0, 0.1) is 19.8 Å². The fourth-order valence-electron chi connectivity index (χ4n) is 3.27. The molecule has 0 unspecified atom stereocenters. The molecule has 2 rings (SSSR count). The molecule has 1 aliphatic heterocycles. The SMILES string of the molecule is CCN(C[C@@H]1CCN(C)C1)C(=O)c1cc(C)c(C)c(S(N)(=O)=O)c1. The molecule has 0 aromatic heterocycles. The molecule has 0 saturated carbocycles. The molecule has 0 bridgehead atoms. The number of rotatable bonds is 5. The summed E-state index contributed by atoms with van der Waals surface area (Å²) in [7, 11) is -1.77. The highest BCUT2D eigenvalue weighted by atomic mass is 32.2. The summed E-state index contributed by atoms with van der Waals surface area (Å²) in [5.41, 5.74) is 1.73. The maximum Gasteiger partial charge on any atom is 0.253 e. The molecule has 1 atom stereocenters. The van der Waals surface area contributed by atoms with Crippen molar-refractivity contribution >= 4 is 15.9 Å². The highest BCUT2D eigenvalue weighted by molar-refractivity contribution is 7.89. The molecule has 1 heterocycles. The van der Waals surface area contributed by atoms with E-state index in [2.05, 4.69) is 11.9 Å². The molecule has 1 amide bonds. The molecule has 24 heavy (non-hydrogen) atoms. The number of hydrogen-bond acceptors (Lipinski definition) is 4. The maximum absolute atomic E-state index is 12.9. The second kappa shape index (κ2) is 7.21. The molecule has 1 fully saturated rings. The summed E-state index contributed by atoms with van der Waals surface area (Å²) >= 11 is 0. The zero-order valence-electron chi connectivity index (χ0n) is 14.9. The first-order chi connectivity index (χ1) is 11.1. The minimum atomic E-state index is -3.85. The second-order valence-electron chi connectivity index (χ2n) is 6.72.